The fourth-order valence-electron chi connectivity index (χ4n) is 1.98. The Balaban J connectivity index is 2.32. The van der Waals surface area contributed by atoms with Crippen molar-refractivity contribution < 1.29 is 9.90 Å². The Hall–Kier alpha value is -0.630. The van der Waals surface area contributed by atoms with E-state index in [1.54, 1.807) is 0 Å². The molecule has 1 aliphatic rings. The van der Waals surface area contributed by atoms with Crippen LogP contribution in [0.1, 0.15) is 38.5 Å². The van der Waals surface area contributed by atoms with Crippen LogP contribution in [-0.4, -0.2) is 17.0 Å². The highest BCUT2D eigenvalue weighted by Crippen LogP contribution is 2.27. The third-order valence-electron chi connectivity index (χ3n) is 2.83. The van der Waals surface area contributed by atoms with Gasteiger partial charge in [0.1, 0.15) is 0 Å². The number of aliphatic hydroxyl groups excluding tert-OH is 1. The number of rotatable bonds is 4. The second-order valence-electron chi connectivity index (χ2n) is 3.84. The summed E-state index contributed by atoms with van der Waals surface area (Å²) in [6, 6.07) is 0. The first-order valence-corrected chi connectivity index (χ1v) is 5.07. The van der Waals surface area contributed by atoms with Gasteiger partial charge in [-0.1, -0.05) is 25.8 Å². The molecule has 0 aliphatic heterocycles. The van der Waals surface area contributed by atoms with E-state index in [0.717, 1.165) is 12.8 Å². The van der Waals surface area contributed by atoms with Crippen molar-refractivity contribution in [1.29, 1.82) is 0 Å². The van der Waals surface area contributed by atoms with Crippen molar-refractivity contribution in [3.05, 3.63) is 12.7 Å². The number of hydrogen-bond acceptors (Lipinski definition) is 2. The number of hydrogen-bond donors (Lipinski definition) is 1. The number of aliphatic hydroxyl groups is 1. The van der Waals surface area contributed by atoms with Crippen LogP contribution in [0.2, 0.25) is 0 Å². The van der Waals surface area contributed by atoms with Crippen molar-refractivity contribution >= 4 is 5.78 Å². The summed E-state index contributed by atoms with van der Waals surface area (Å²) in [5.41, 5.74) is 0. The average molecular weight is 182 g/mol. The van der Waals surface area contributed by atoms with Crippen molar-refractivity contribution in [2.45, 2.75) is 44.6 Å². The normalized spacial score (nSPS) is 21.0. The minimum atomic E-state index is -0.439. The topological polar surface area (TPSA) is 37.3 Å². The lowest BCUT2D eigenvalue weighted by atomic mass is 9.83. The van der Waals surface area contributed by atoms with Gasteiger partial charge in [-0.15, -0.1) is 0 Å². The van der Waals surface area contributed by atoms with Crippen LogP contribution in [0, 0.1) is 5.92 Å². The minimum Gasteiger partial charge on any atom is -0.392 e. The highest BCUT2D eigenvalue weighted by Gasteiger charge is 2.22. The largest absolute Gasteiger partial charge is 0.392 e. The second kappa shape index (κ2) is 5.18. The van der Waals surface area contributed by atoms with Crippen LogP contribution in [0.3, 0.4) is 0 Å². The first-order chi connectivity index (χ1) is 6.24. The maximum atomic E-state index is 11.0. The van der Waals surface area contributed by atoms with E-state index in [1.165, 1.54) is 25.3 Å². The maximum absolute atomic E-state index is 11.0. The van der Waals surface area contributed by atoms with E-state index < -0.39 is 6.10 Å². The molecule has 0 aromatic rings. The van der Waals surface area contributed by atoms with Gasteiger partial charge in [0.2, 0.25) is 0 Å². The van der Waals surface area contributed by atoms with E-state index in [0.29, 0.717) is 5.92 Å². The lowest BCUT2D eigenvalue weighted by Crippen LogP contribution is -2.25. The van der Waals surface area contributed by atoms with Crippen molar-refractivity contribution in [3.63, 3.8) is 0 Å². The molecule has 1 rings (SSSR count). The van der Waals surface area contributed by atoms with Crippen molar-refractivity contribution in [1.82, 2.24) is 0 Å². The van der Waals surface area contributed by atoms with Gasteiger partial charge in [0.15, 0.2) is 5.78 Å². The summed E-state index contributed by atoms with van der Waals surface area (Å²) >= 11 is 0. The first-order valence-electron chi connectivity index (χ1n) is 5.07. The average Bonchev–Trinajstić information content (AvgIpc) is 2.19. The molecule has 1 fully saturated rings. The van der Waals surface area contributed by atoms with E-state index in [1.807, 2.05) is 0 Å². The highest BCUT2D eigenvalue weighted by molar-refractivity contribution is 5.89. The Morgan fingerprint density at radius 1 is 1.46 bits per heavy atom. The third-order valence-corrected chi connectivity index (χ3v) is 2.83. The predicted octanol–water partition coefficient (Wildman–Crippen LogP) is 2.07. The molecule has 0 radical (unpaired) electrons. The zero-order chi connectivity index (χ0) is 9.68. The second-order valence-corrected chi connectivity index (χ2v) is 3.84. The van der Waals surface area contributed by atoms with E-state index in [4.69, 9.17) is 0 Å². The molecule has 0 heterocycles. The predicted molar refractivity (Wildman–Crippen MR) is 52.4 cm³/mol. The van der Waals surface area contributed by atoms with Gasteiger partial charge >= 0.3 is 0 Å². The molecule has 0 spiro atoms. The number of ketones is 1. The number of carbonyl (C=O) groups excluding carboxylic acids is 1. The summed E-state index contributed by atoms with van der Waals surface area (Å²) in [6.07, 6.45) is 6.94. The molecule has 2 heteroatoms. The van der Waals surface area contributed by atoms with Crippen molar-refractivity contribution in [3.8, 4) is 0 Å². The molecule has 0 aromatic carbocycles. The van der Waals surface area contributed by atoms with Crippen LogP contribution >= 0.6 is 0 Å². The zero-order valence-electron chi connectivity index (χ0n) is 8.04. The summed E-state index contributed by atoms with van der Waals surface area (Å²) in [4.78, 5) is 11.0. The molecule has 0 aromatic heterocycles. The van der Waals surface area contributed by atoms with Crippen LogP contribution < -0.4 is 0 Å². The van der Waals surface area contributed by atoms with Crippen LogP contribution in [0.4, 0.5) is 0 Å². The highest BCUT2D eigenvalue weighted by atomic mass is 16.3. The number of allylic oxidation sites excluding steroid dienone is 1. The monoisotopic (exact) mass is 182 g/mol. The molecular formula is C11H18O2. The Morgan fingerprint density at radius 3 is 2.62 bits per heavy atom. The standard InChI is InChI=1S/C11H18O2/c1-2-10(12)8-11(13)9-6-4-3-5-7-9/h2,9,11,13H,1,3-8H2. The summed E-state index contributed by atoms with van der Waals surface area (Å²) in [5.74, 6) is 0.302. The van der Waals surface area contributed by atoms with Gasteiger partial charge in [-0.05, 0) is 24.8 Å². The third kappa shape index (κ3) is 3.31. The van der Waals surface area contributed by atoms with Gasteiger partial charge in [0, 0.05) is 6.42 Å². The zero-order valence-corrected chi connectivity index (χ0v) is 8.04. The molecule has 0 bridgehead atoms. The van der Waals surface area contributed by atoms with E-state index in [9.17, 15) is 9.90 Å². The summed E-state index contributed by atoms with van der Waals surface area (Å²) in [5, 5.41) is 9.71. The molecule has 1 atom stereocenters. The molecule has 1 saturated carbocycles. The summed E-state index contributed by atoms with van der Waals surface area (Å²) in [7, 11) is 0. The molecule has 0 saturated heterocycles. The molecule has 0 amide bonds. The lowest BCUT2D eigenvalue weighted by Gasteiger charge is -2.25. The maximum Gasteiger partial charge on any atom is 0.157 e. The first kappa shape index (κ1) is 10.5. The quantitative estimate of drug-likeness (QED) is 0.676. The van der Waals surface area contributed by atoms with Crippen LogP contribution in [-0.2, 0) is 4.79 Å². The Bertz CT molecular complexity index is 181. The van der Waals surface area contributed by atoms with Crippen molar-refractivity contribution in [2.24, 2.45) is 5.92 Å². The van der Waals surface area contributed by atoms with Crippen LogP contribution in [0.25, 0.3) is 0 Å². The van der Waals surface area contributed by atoms with Gasteiger partial charge in [-0.2, -0.15) is 0 Å². The fourth-order valence-corrected chi connectivity index (χ4v) is 1.98. The molecular weight excluding hydrogens is 164 g/mol. The fraction of sp³-hybridized carbons (Fsp3) is 0.727. The van der Waals surface area contributed by atoms with Gasteiger partial charge in [-0.25, -0.2) is 0 Å². The molecule has 1 N–H and O–H groups in total. The van der Waals surface area contributed by atoms with Crippen LogP contribution in [0.5, 0.6) is 0 Å². The molecule has 2 nitrogen and oxygen atoms in total. The molecule has 74 valence electrons. The minimum absolute atomic E-state index is 0.0435. The Morgan fingerprint density at radius 2 is 2.08 bits per heavy atom. The SMILES string of the molecule is C=CC(=O)CC(O)C1CCCCC1. The Kier molecular flexibility index (Phi) is 4.16. The molecule has 13 heavy (non-hydrogen) atoms. The molecule has 1 unspecified atom stereocenters. The lowest BCUT2D eigenvalue weighted by molar-refractivity contribution is -0.117. The van der Waals surface area contributed by atoms with E-state index >= 15 is 0 Å². The Labute approximate surface area is 79.6 Å². The van der Waals surface area contributed by atoms with E-state index in [-0.39, 0.29) is 12.2 Å². The van der Waals surface area contributed by atoms with Crippen LogP contribution in [0.15, 0.2) is 12.7 Å². The number of carbonyl (C=O) groups is 1. The van der Waals surface area contributed by atoms with Gasteiger partial charge in [0.25, 0.3) is 0 Å². The smallest absolute Gasteiger partial charge is 0.157 e. The molecule has 1 aliphatic carbocycles. The van der Waals surface area contributed by atoms with E-state index in [2.05, 4.69) is 6.58 Å². The van der Waals surface area contributed by atoms with Gasteiger partial charge in [-0.3, -0.25) is 4.79 Å². The summed E-state index contributed by atoms with van der Waals surface area (Å²) < 4.78 is 0. The van der Waals surface area contributed by atoms with Gasteiger partial charge in [0.05, 0.1) is 6.10 Å². The summed E-state index contributed by atoms with van der Waals surface area (Å²) in [6.45, 7) is 3.40. The van der Waals surface area contributed by atoms with Gasteiger partial charge < -0.3 is 5.11 Å². The van der Waals surface area contributed by atoms with Crippen molar-refractivity contribution in [2.75, 3.05) is 0 Å².